The Morgan fingerprint density at radius 2 is 0.780 bits per heavy atom. The Kier molecular flexibility index (Phi) is 6.99. The first-order valence-corrected chi connectivity index (χ1v) is 16.2. The van der Waals surface area contributed by atoms with Crippen LogP contribution in [0.15, 0.2) is 109 Å². The predicted molar refractivity (Wildman–Crippen MR) is 190 cm³/mol. The molecule has 0 saturated heterocycles. The van der Waals surface area contributed by atoms with Gasteiger partial charge >= 0.3 is 12.4 Å². The third kappa shape index (κ3) is 4.96. The second-order valence-corrected chi connectivity index (χ2v) is 13.2. The average Bonchev–Trinajstić information content (AvgIpc) is 3.54. The number of hydrogen-bond acceptors (Lipinski definition) is 0. The maximum atomic E-state index is 15.1. The van der Waals surface area contributed by atoms with Crippen LogP contribution in [-0.4, -0.2) is 9.13 Å². The van der Waals surface area contributed by atoms with Crippen LogP contribution in [0.3, 0.4) is 0 Å². The highest BCUT2D eigenvalue weighted by atomic mass is 19.4. The first kappa shape index (κ1) is 31.7. The molecule has 0 aliphatic heterocycles. The van der Waals surface area contributed by atoms with Crippen molar-refractivity contribution in [3.8, 4) is 22.5 Å². The molecule has 8 heteroatoms. The fourth-order valence-corrected chi connectivity index (χ4v) is 7.37. The molecule has 8 aromatic rings. The Morgan fingerprint density at radius 1 is 0.420 bits per heavy atom. The molecular formula is C42H30F6N2. The third-order valence-corrected chi connectivity index (χ3v) is 9.56. The largest absolute Gasteiger partial charge is 0.417 e. The molecule has 8 rings (SSSR count). The summed E-state index contributed by atoms with van der Waals surface area (Å²) in [5.41, 5.74) is 4.00. The Hall–Kier alpha value is -5.50. The van der Waals surface area contributed by atoms with Crippen molar-refractivity contribution >= 4 is 43.6 Å². The van der Waals surface area contributed by atoms with Crippen LogP contribution in [0.5, 0.6) is 0 Å². The molecular weight excluding hydrogens is 646 g/mol. The van der Waals surface area contributed by atoms with Crippen molar-refractivity contribution < 1.29 is 26.3 Å². The van der Waals surface area contributed by atoms with Crippen LogP contribution in [0, 0.1) is 27.7 Å². The van der Waals surface area contributed by atoms with Gasteiger partial charge in [-0.25, -0.2) is 0 Å². The number of rotatable bonds is 3. The summed E-state index contributed by atoms with van der Waals surface area (Å²) in [5.74, 6) is 0. The van der Waals surface area contributed by atoms with E-state index in [1.807, 2.05) is 100 Å². The molecule has 0 unspecified atom stereocenters. The van der Waals surface area contributed by atoms with Crippen molar-refractivity contribution in [2.45, 2.75) is 40.0 Å². The topological polar surface area (TPSA) is 9.86 Å². The quantitative estimate of drug-likeness (QED) is 0.165. The zero-order valence-corrected chi connectivity index (χ0v) is 27.6. The molecule has 2 heterocycles. The van der Waals surface area contributed by atoms with Crippen molar-refractivity contribution in [2.75, 3.05) is 0 Å². The van der Waals surface area contributed by atoms with Gasteiger partial charge in [0.15, 0.2) is 0 Å². The Balaban J connectivity index is 1.66. The molecule has 0 amide bonds. The Labute approximate surface area is 283 Å². The molecule has 0 N–H and O–H groups in total. The van der Waals surface area contributed by atoms with Gasteiger partial charge in [-0.1, -0.05) is 64.7 Å². The van der Waals surface area contributed by atoms with Gasteiger partial charge in [-0.3, -0.25) is 0 Å². The number of alkyl halides is 6. The van der Waals surface area contributed by atoms with Gasteiger partial charge in [0.05, 0.1) is 44.6 Å². The Morgan fingerprint density at radius 3 is 1.12 bits per heavy atom. The van der Waals surface area contributed by atoms with E-state index in [9.17, 15) is 13.2 Å². The molecule has 0 aliphatic rings. The molecule has 2 aromatic heterocycles. The van der Waals surface area contributed by atoms with Crippen LogP contribution in [0.2, 0.25) is 0 Å². The van der Waals surface area contributed by atoms with Crippen molar-refractivity contribution in [1.29, 1.82) is 0 Å². The van der Waals surface area contributed by atoms with Crippen LogP contribution in [-0.2, 0) is 12.4 Å². The summed E-state index contributed by atoms with van der Waals surface area (Å²) in [5, 5.41) is 3.17. The van der Waals surface area contributed by atoms with Crippen LogP contribution < -0.4 is 0 Å². The normalized spacial score (nSPS) is 12.6. The minimum Gasteiger partial charge on any atom is -0.309 e. The van der Waals surface area contributed by atoms with Crippen LogP contribution in [0.25, 0.3) is 66.1 Å². The second-order valence-electron chi connectivity index (χ2n) is 13.2. The number of benzene rings is 6. The van der Waals surface area contributed by atoms with Crippen molar-refractivity contribution in [1.82, 2.24) is 9.13 Å². The summed E-state index contributed by atoms with van der Waals surface area (Å²) in [6.45, 7) is 7.71. The lowest BCUT2D eigenvalue weighted by molar-refractivity contribution is -0.138. The molecule has 2 nitrogen and oxygen atoms in total. The number of halogens is 6. The smallest absolute Gasteiger partial charge is 0.309 e. The highest BCUT2D eigenvalue weighted by molar-refractivity contribution is 6.12. The van der Waals surface area contributed by atoms with E-state index in [2.05, 4.69) is 0 Å². The van der Waals surface area contributed by atoms with E-state index in [4.69, 9.17) is 0 Å². The second kappa shape index (κ2) is 11.0. The summed E-state index contributed by atoms with van der Waals surface area (Å²) in [6.07, 6.45) is -9.61. The fourth-order valence-electron chi connectivity index (χ4n) is 7.37. The molecule has 0 bridgehead atoms. The van der Waals surface area contributed by atoms with Gasteiger partial charge in [-0.15, -0.1) is 0 Å². The highest BCUT2D eigenvalue weighted by Crippen LogP contribution is 2.48. The average molecular weight is 677 g/mol. The van der Waals surface area contributed by atoms with E-state index in [1.165, 1.54) is 18.2 Å². The zero-order chi connectivity index (χ0) is 35.3. The predicted octanol–water partition coefficient (Wildman–Crippen LogP) is 12.8. The number of fused-ring (bicyclic) bond motifs is 6. The number of aromatic nitrogens is 2. The van der Waals surface area contributed by atoms with E-state index in [0.29, 0.717) is 22.1 Å². The Bertz CT molecular complexity index is 2400. The number of hydrogen-bond donors (Lipinski definition) is 0. The van der Waals surface area contributed by atoms with E-state index in [1.54, 1.807) is 9.13 Å². The van der Waals surface area contributed by atoms with Gasteiger partial charge in [0, 0.05) is 27.1 Å². The van der Waals surface area contributed by atoms with Crippen molar-refractivity contribution in [2.24, 2.45) is 0 Å². The minimum absolute atomic E-state index is 0.00606. The van der Waals surface area contributed by atoms with E-state index in [-0.39, 0.29) is 22.5 Å². The summed E-state index contributed by atoms with van der Waals surface area (Å²) in [6, 6.07) is 29.7. The number of aryl methyl sites for hydroxylation is 4. The van der Waals surface area contributed by atoms with Gasteiger partial charge < -0.3 is 9.13 Å². The molecule has 0 radical (unpaired) electrons. The standard InChI is InChI=1S/C42H30F6N2/c1-23-9-13-34-29(17-23)30-18-24(2)10-14-35(30)49(34)38-21-27(41(43,44)45)22-39(40(38)28-7-5-6-8-33(28)42(46,47)48)50-36-15-11-25(3)19-31(36)32-20-26(4)12-16-37(32)50/h5-22H,1-4H3. The van der Waals surface area contributed by atoms with Crippen LogP contribution in [0.4, 0.5) is 26.3 Å². The van der Waals surface area contributed by atoms with Gasteiger partial charge in [-0.05, 0) is 100.0 Å². The lowest BCUT2D eigenvalue weighted by atomic mass is 9.93. The summed E-state index contributed by atoms with van der Waals surface area (Å²) in [4.78, 5) is 0. The van der Waals surface area contributed by atoms with Gasteiger partial charge in [0.1, 0.15) is 0 Å². The van der Waals surface area contributed by atoms with Crippen molar-refractivity contribution in [3.05, 3.63) is 143 Å². The molecule has 0 saturated carbocycles. The molecule has 0 atom stereocenters. The van der Waals surface area contributed by atoms with E-state index in [0.717, 1.165) is 62.0 Å². The molecule has 50 heavy (non-hydrogen) atoms. The molecule has 0 spiro atoms. The van der Waals surface area contributed by atoms with Crippen LogP contribution >= 0.6 is 0 Å². The SMILES string of the molecule is Cc1ccc2c(c1)c1cc(C)ccc1n2-c1cc(C(F)(F)F)cc(-n2c3ccc(C)cc3c3cc(C)ccc32)c1-c1ccccc1C(F)(F)F. The van der Waals surface area contributed by atoms with Gasteiger partial charge in [0.25, 0.3) is 0 Å². The number of nitrogens with zero attached hydrogens (tertiary/aromatic N) is 2. The summed E-state index contributed by atoms with van der Waals surface area (Å²) in [7, 11) is 0. The van der Waals surface area contributed by atoms with Gasteiger partial charge in [0.2, 0.25) is 0 Å². The van der Waals surface area contributed by atoms with E-state index < -0.39 is 23.5 Å². The maximum absolute atomic E-state index is 15.1. The molecule has 6 aromatic carbocycles. The first-order chi connectivity index (χ1) is 23.7. The monoisotopic (exact) mass is 676 g/mol. The summed E-state index contributed by atoms with van der Waals surface area (Å²) >= 11 is 0. The highest BCUT2D eigenvalue weighted by Gasteiger charge is 2.38. The molecule has 0 fully saturated rings. The summed E-state index contributed by atoms with van der Waals surface area (Å²) < 4.78 is 93.5. The zero-order valence-electron chi connectivity index (χ0n) is 27.6. The third-order valence-electron chi connectivity index (χ3n) is 9.56. The fraction of sp³-hybridized carbons (Fsp3) is 0.143. The van der Waals surface area contributed by atoms with Crippen LogP contribution in [0.1, 0.15) is 33.4 Å². The maximum Gasteiger partial charge on any atom is 0.417 e. The lowest BCUT2D eigenvalue weighted by Gasteiger charge is -2.24. The minimum atomic E-state index is -4.82. The first-order valence-electron chi connectivity index (χ1n) is 16.2. The van der Waals surface area contributed by atoms with E-state index >= 15 is 13.2 Å². The molecule has 0 aliphatic carbocycles. The lowest BCUT2D eigenvalue weighted by Crippen LogP contribution is -2.13. The molecule has 250 valence electrons. The van der Waals surface area contributed by atoms with Gasteiger partial charge in [-0.2, -0.15) is 26.3 Å². The van der Waals surface area contributed by atoms with Crippen molar-refractivity contribution in [3.63, 3.8) is 0 Å².